The molecule has 1 aromatic heterocycles. The number of hydrogen-bond donors (Lipinski definition) is 1. The van der Waals surface area contributed by atoms with Gasteiger partial charge in [0, 0.05) is 16.5 Å². The summed E-state index contributed by atoms with van der Waals surface area (Å²) < 4.78 is 5.77. The summed E-state index contributed by atoms with van der Waals surface area (Å²) in [6.45, 7) is 7.51. The van der Waals surface area contributed by atoms with Crippen LogP contribution in [0.3, 0.4) is 0 Å². The highest BCUT2D eigenvalue weighted by molar-refractivity contribution is 8.02. The van der Waals surface area contributed by atoms with Gasteiger partial charge in [0.15, 0.2) is 0 Å². The summed E-state index contributed by atoms with van der Waals surface area (Å²) in [5.41, 5.74) is 1.24. The number of thioether (sulfide) groups is 1. The third-order valence-electron chi connectivity index (χ3n) is 2.94. The molecule has 1 N–H and O–H groups in total. The Balaban J connectivity index is 1.87. The van der Waals surface area contributed by atoms with Crippen molar-refractivity contribution in [2.24, 2.45) is 0 Å². The molecule has 1 aliphatic rings. The molecule has 1 saturated heterocycles. The Kier molecular flexibility index (Phi) is 2.62. The van der Waals surface area contributed by atoms with Gasteiger partial charge in [-0.3, -0.25) is 0 Å². The van der Waals surface area contributed by atoms with Gasteiger partial charge in [-0.25, -0.2) is 0 Å². The van der Waals surface area contributed by atoms with Crippen LogP contribution in [0.2, 0.25) is 0 Å². The largest absolute Gasteiger partial charge is 0.468 e. The van der Waals surface area contributed by atoms with E-state index in [1.807, 2.05) is 17.8 Å². The second-order valence-corrected chi connectivity index (χ2v) is 6.05. The van der Waals surface area contributed by atoms with Crippen LogP contribution in [0.5, 0.6) is 0 Å². The molecule has 0 amide bonds. The first-order valence-electron chi connectivity index (χ1n) is 5.00. The molecular formula is C11H17NOS. The molecule has 0 saturated carbocycles. The smallest absolute Gasteiger partial charge is 0.120 e. The summed E-state index contributed by atoms with van der Waals surface area (Å²) in [6, 6.07) is 2.63. The van der Waals surface area contributed by atoms with E-state index < -0.39 is 0 Å². The van der Waals surface area contributed by atoms with E-state index in [9.17, 15) is 0 Å². The maximum Gasteiger partial charge on any atom is 0.120 e. The maximum atomic E-state index is 5.38. The molecule has 1 unspecified atom stereocenters. The molecule has 2 heterocycles. The minimum absolute atomic E-state index is 0.389. The van der Waals surface area contributed by atoms with Crippen molar-refractivity contribution >= 4 is 11.8 Å². The van der Waals surface area contributed by atoms with Crippen molar-refractivity contribution in [2.75, 3.05) is 5.75 Å². The van der Waals surface area contributed by atoms with E-state index in [-0.39, 0.29) is 0 Å². The van der Waals surface area contributed by atoms with E-state index in [0.717, 1.165) is 12.3 Å². The third-order valence-corrected chi connectivity index (χ3v) is 4.47. The number of furan rings is 1. The van der Waals surface area contributed by atoms with Crippen LogP contribution >= 0.6 is 11.8 Å². The third kappa shape index (κ3) is 1.84. The molecule has 0 spiro atoms. The average molecular weight is 211 g/mol. The molecule has 0 aliphatic carbocycles. The summed E-state index contributed by atoms with van der Waals surface area (Å²) in [7, 11) is 0. The van der Waals surface area contributed by atoms with Crippen LogP contribution in [-0.4, -0.2) is 16.5 Å². The molecule has 1 aliphatic heterocycles. The van der Waals surface area contributed by atoms with Crippen LogP contribution in [0.4, 0.5) is 0 Å². The Morgan fingerprint density at radius 1 is 1.64 bits per heavy atom. The quantitative estimate of drug-likeness (QED) is 0.832. The molecule has 0 bridgehead atoms. The van der Waals surface area contributed by atoms with Crippen molar-refractivity contribution in [2.45, 2.75) is 38.1 Å². The van der Waals surface area contributed by atoms with E-state index in [4.69, 9.17) is 4.42 Å². The van der Waals surface area contributed by atoms with Crippen molar-refractivity contribution in [3.8, 4) is 0 Å². The summed E-state index contributed by atoms with van der Waals surface area (Å²) in [4.78, 5) is 0. The van der Waals surface area contributed by atoms with Crippen molar-refractivity contribution in [3.63, 3.8) is 0 Å². The molecule has 0 radical (unpaired) electrons. The summed E-state index contributed by atoms with van der Waals surface area (Å²) in [6.07, 6.45) is 1.76. The highest BCUT2D eigenvalue weighted by atomic mass is 32.2. The Morgan fingerprint density at radius 3 is 2.86 bits per heavy atom. The lowest BCUT2D eigenvalue weighted by molar-refractivity contribution is 0.401. The average Bonchev–Trinajstić information content (AvgIpc) is 2.50. The number of aryl methyl sites for hydroxylation is 1. The first-order valence-corrected chi connectivity index (χ1v) is 5.98. The Morgan fingerprint density at radius 2 is 2.43 bits per heavy atom. The van der Waals surface area contributed by atoms with Crippen LogP contribution in [0.25, 0.3) is 0 Å². The van der Waals surface area contributed by atoms with E-state index >= 15 is 0 Å². The van der Waals surface area contributed by atoms with Gasteiger partial charge in [-0.05, 0) is 32.4 Å². The topological polar surface area (TPSA) is 25.2 Å². The summed E-state index contributed by atoms with van der Waals surface area (Å²) in [5.74, 6) is 2.28. The van der Waals surface area contributed by atoms with Gasteiger partial charge in [-0.15, -0.1) is 0 Å². The number of nitrogens with one attached hydrogen (secondary N) is 1. The molecule has 1 fully saturated rings. The maximum absolute atomic E-state index is 5.38. The molecule has 2 rings (SSSR count). The summed E-state index contributed by atoms with van der Waals surface area (Å²) >= 11 is 2.02. The van der Waals surface area contributed by atoms with E-state index in [1.54, 1.807) is 6.26 Å². The minimum Gasteiger partial charge on any atom is -0.468 e. The fraction of sp³-hybridized carbons (Fsp3) is 0.636. The van der Waals surface area contributed by atoms with Gasteiger partial charge in [0.05, 0.1) is 12.8 Å². The monoisotopic (exact) mass is 211 g/mol. The van der Waals surface area contributed by atoms with Crippen molar-refractivity contribution in [1.29, 1.82) is 0 Å². The second kappa shape index (κ2) is 3.63. The molecule has 0 aromatic carbocycles. The molecule has 78 valence electrons. The van der Waals surface area contributed by atoms with E-state index in [2.05, 4.69) is 26.1 Å². The first kappa shape index (κ1) is 10.1. The molecule has 1 atom stereocenters. The standard InChI is InChI=1S/C11H17NOS/c1-8-4-5-13-9(8)6-12-10-7-14-11(10,2)3/h4-5,10,12H,6-7H2,1-3H3. The zero-order valence-corrected chi connectivity index (χ0v) is 9.78. The predicted octanol–water partition coefficient (Wildman–Crippen LogP) is 2.57. The highest BCUT2D eigenvalue weighted by Crippen LogP contribution is 2.39. The molecule has 14 heavy (non-hydrogen) atoms. The summed E-state index contributed by atoms with van der Waals surface area (Å²) in [5, 5.41) is 3.54. The molecule has 1 aromatic rings. The fourth-order valence-corrected chi connectivity index (χ4v) is 2.81. The Bertz CT molecular complexity index is 319. The van der Waals surface area contributed by atoms with Crippen LogP contribution < -0.4 is 5.32 Å². The van der Waals surface area contributed by atoms with Crippen LogP contribution in [-0.2, 0) is 6.54 Å². The molecule has 3 heteroatoms. The fourth-order valence-electron chi connectivity index (χ4n) is 1.61. The van der Waals surface area contributed by atoms with Crippen molar-refractivity contribution in [3.05, 3.63) is 23.7 Å². The zero-order chi connectivity index (χ0) is 10.2. The highest BCUT2D eigenvalue weighted by Gasteiger charge is 2.38. The number of hydrogen-bond acceptors (Lipinski definition) is 3. The van der Waals surface area contributed by atoms with Gasteiger partial charge in [-0.2, -0.15) is 11.8 Å². The van der Waals surface area contributed by atoms with Gasteiger partial charge in [-0.1, -0.05) is 0 Å². The van der Waals surface area contributed by atoms with Crippen LogP contribution in [0.15, 0.2) is 16.7 Å². The van der Waals surface area contributed by atoms with Gasteiger partial charge in [0.25, 0.3) is 0 Å². The lowest BCUT2D eigenvalue weighted by atomic mass is 10.0. The van der Waals surface area contributed by atoms with Crippen molar-refractivity contribution < 1.29 is 4.42 Å². The minimum atomic E-state index is 0.389. The number of rotatable bonds is 3. The predicted molar refractivity (Wildman–Crippen MR) is 60.6 cm³/mol. The van der Waals surface area contributed by atoms with Crippen LogP contribution in [0, 0.1) is 6.92 Å². The normalized spacial score (nSPS) is 24.6. The zero-order valence-electron chi connectivity index (χ0n) is 8.96. The van der Waals surface area contributed by atoms with Gasteiger partial charge in [0.2, 0.25) is 0 Å². The van der Waals surface area contributed by atoms with E-state index in [1.165, 1.54) is 11.3 Å². The van der Waals surface area contributed by atoms with Gasteiger partial charge in [0.1, 0.15) is 5.76 Å². The Labute approximate surface area is 89.4 Å². The molecular weight excluding hydrogens is 194 g/mol. The lowest BCUT2D eigenvalue weighted by Crippen LogP contribution is -2.54. The van der Waals surface area contributed by atoms with Gasteiger partial charge < -0.3 is 9.73 Å². The Hall–Kier alpha value is -0.410. The van der Waals surface area contributed by atoms with Crippen molar-refractivity contribution in [1.82, 2.24) is 5.32 Å². The second-order valence-electron chi connectivity index (χ2n) is 4.37. The first-order chi connectivity index (χ1) is 6.59. The molecule has 2 nitrogen and oxygen atoms in total. The lowest BCUT2D eigenvalue weighted by Gasteiger charge is -2.44. The van der Waals surface area contributed by atoms with E-state index in [0.29, 0.717) is 10.8 Å². The van der Waals surface area contributed by atoms with Crippen LogP contribution in [0.1, 0.15) is 25.2 Å². The SMILES string of the molecule is Cc1ccoc1CNC1CSC1(C)C. The van der Waals surface area contributed by atoms with Gasteiger partial charge >= 0.3 is 0 Å².